The lowest BCUT2D eigenvalue weighted by atomic mass is 9.74. The van der Waals surface area contributed by atoms with Gasteiger partial charge in [-0.2, -0.15) is 0 Å². The number of hydrogen-bond donors (Lipinski definition) is 1. The fraction of sp³-hybridized carbons (Fsp3) is 1.00. The topological polar surface area (TPSA) is 21.3 Å². The average Bonchev–Trinajstić information content (AvgIpc) is 2.15. The first kappa shape index (κ1) is 13.0. The highest BCUT2D eigenvalue weighted by atomic mass is 16.5. The highest BCUT2D eigenvalue weighted by Gasteiger charge is 2.39. The van der Waals surface area contributed by atoms with Crippen molar-refractivity contribution in [3.05, 3.63) is 0 Å². The number of ether oxygens (including phenoxy) is 1. The van der Waals surface area contributed by atoms with Gasteiger partial charge in [-0.05, 0) is 44.6 Å². The SMILES string of the molecule is CCCNC(CC1(OC)CCC1)C(C)C. The van der Waals surface area contributed by atoms with Crippen molar-refractivity contribution in [2.75, 3.05) is 13.7 Å². The zero-order chi connectivity index (χ0) is 11.3. The first-order chi connectivity index (χ1) is 7.13. The molecular weight excluding hydrogens is 186 g/mol. The Morgan fingerprint density at radius 1 is 1.33 bits per heavy atom. The Labute approximate surface area is 94.8 Å². The van der Waals surface area contributed by atoms with E-state index in [0.29, 0.717) is 12.0 Å². The van der Waals surface area contributed by atoms with Crippen LogP contribution in [0.4, 0.5) is 0 Å². The summed E-state index contributed by atoms with van der Waals surface area (Å²) in [7, 11) is 1.87. The van der Waals surface area contributed by atoms with E-state index >= 15 is 0 Å². The maximum atomic E-state index is 5.69. The summed E-state index contributed by atoms with van der Waals surface area (Å²) in [6.07, 6.45) is 6.23. The molecule has 0 bridgehead atoms. The maximum Gasteiger partial charge on any atom is 0.0693 e. The van der Waals surface area contributed by atoms with Crippen molar-refractivity contribution < 1.29 is 4.74 Å². The van der Waals surface area contributed by atoms with E-state index in [9.17, 15) is 0 Å². The summed E-state index contributed by atoms with van der Waals surface area (Å²) in [5, 5.41) is 3.65. The molecule has 0 spiro atoms. The minimum absolute atomic E-state index is 0.204. The molecule has 1 saturated carbocycles. The molecule has 1 atom stereocenters. The molecule has 0 aromatic carbocycles. The summed E-state index contributed by atoms with van der Waals surface area (Å²) in [5.74, 6) is 0.698. The van der Waals surface area contributed by atoms with Gasteiger partial charge < -0.3 is 10.1 Å². The van der Waals surface area contributed by atoms with E-state index in [1.807, 2.05) is 7.11 Å². The van der Waals surface area contributed by atoms with Gasteiger partial charge in [0, 0.05) is 13.2 Å². The Hall–Kier alpha value is -0.0800. The van der Waals surface area contributed by atoms with Gasteiger partial charge in [0.1, 0.15) is 0 Å². The first-order valence-electron chi connectivity index (χ1n) is 6.42. The summed E-state index contributed by atoms with van der Waals surface area (Å²) < 4.78 is 5.69. The van der Waals surface area contributed by atoms with Gasteiger partial charge in [-0.15, -0.1) is 0 Å². The Morgan fingerprint density at radius 2 is 2.00 bits per heavy atom. The van der Waals surface area contributed by atoms with Crippen molar-refractivity contribution >= 4 is 0 Å². The Balaban J connectivity index is 2.42. The summed E-state index contributed by atoms with van der Waals surface area (Å²) in [6.45, 7) is 7.95. The van der Waals surface area contributed by atoms with Gasteiger partial charge in [-0.1, -0.05) is 20.8 Å². The molecule has 0 aromatic rings. The van der Waals surface area contributed by atoms with E-state index in [4.69, 9.17) is 4.74 Å². The molecule has 1 aliphatic carbocycles. The lowest BCUT2D eigenvalue weighted by molar-refractivity contribution is -0.0860. The minimum Gasteiger partial charge on any atom is -0.378 e. The van der Waals surface area contributed by atoms with Crippen molar-refractivity contribution in [3.63, 3.8) is 0 Å². The average molecular weight is 213 g/mol. The molecule has 0 amide bonds. The molecule has 1 rings (SSSR count). The van der Waals surface area contributed by atoms with Gasteiger partial charge in [0.25, 0.3) is 0 Å². The Morgan fingerprint density at radius 3 is 2.33 bits per heavy atom. The van der Waals surface area contributed by atoms with E-state index < -0.39 is 0 Å². The van der Waals surface area contributed by atoms with Gasteiger partial charge in [0.05, 0.1) is 5.60 Å². The van der Waals surface area contributed by atoms with Crippen LogP contribution in [0, 0.1) is 5.92 Å². The second-order valence-electron chi connectivity index (χ2n) is 5.25. The number of hydrogen-bond acceptors (Lipinski definition) is 2. The lowest BCUT2D eigenvalue weighted by Crippen LogP contribution is -2.47. The zero-order valence-electron chi connectivity index (χ0n) is 10.8. The van der Waals surface area contributed by atoms with Crippen molar-refractivity contribution in [1.82, 2.24) is 5.32 Å². The van der Waals surface area contributed by atoms with Crippen molar-refractivity contribution in [3.8, 4) is 0 Å². The maximum absolute atomic E-state index is 5.69. The van der Waals surface area contributed by atoms with Crippen LogP contribution in [-0.4, -0.2) is 25.3 Å². The van der Waals surface area contributed by atoms with Crippen molar-refractivity contribution in [2.24, 2.45) is 5.92 Å². The standard InChI is InChI=1S/C13H27NO/c1-5-9-14-12(11(2)3)10-13(15-4)7-6-8-13/h11-12,14H,5-10H2,1-4H3. The normalized spacial score (nSPS) is 21.4. The molecule has 0 heterocycles. The molecule has 0 saturated heterocycles. The molecule has 0 aromatic heterocycles. The van der Waals surface area contributed by atoms with Gasteiger partial charge >= 0.3 is 0 Å². The van der Waals surface area contributed by atoms with Gasteiger partial charge in [-0.25, -0.2) is 0 Å². The van der Waals surface area contributed by atoms with Crippen LogP contribution in [-0.2, 0) is 4.74 Å². The molecule has 1 N–H and O–H groups in total. The first-order valence-corrected chi connectivity index (χ1v) is 6.42. The largest absolute Gasteiger partial charge is 0.378 e. The predicted molar refractivity (Wildman–Crippen MR) is 65.1 cm³/mol. The molecule has 15 heavy (non-hydrogen) atoms. The third-order valence-corrected chi connectivity index (χ3v) is 3.75. The third kappa shape index (κ3) is 3.46. The highest BCUT2D eigenvalue weighted by molar-refractivity contribution is 4.93. The predicted octanol–water partition coefficient (Wildman–Crippen LogP) is 2.97. The Kier molecular flexibility index (Phi) is 5.07. The third-order valence-electron chi connectivity index (χ3n) is 3.75. The van der Waals surface area contributed by atoms with Gasteiger partial charge in [-0.3, -0.25) is 0 Å². The summed E-state index contributed by atoms with van der Waals surface area (Å²) in [5.41, 5.74) is 0.204. The van der Waals surface area contributed by atoms with Gasteiger partial charge in [0.2, 0.25) is 0 Å². The van der Waals surface area contributed by atoms with E-state index in [0.717, 1.165) is 6.54 Å². The van der Waals surface area contributed by atoms with Crippen LogP contribution >= 0.6 is 0 Å². The number of rotatable bonds is 7. The summed E-state index contributed by atoms with van der Waals surface area (Å²) in [6, 6.07) is 0.616. The monoisotopic (exact) mass is 213 g/mol. The van der Waals surface area contributed by atoms with Crippen LogP contribution in [0.15, 0.2) is 0 Å². The molecule has 90 valence electrons. The summed E-state index contributed by atoms with van der Waals surface area (Å²) >= 11 is 0. The molecule has 1 unspecified atom stereocenters. The van der Waals surface area contributed by atoms with E-state index in [1.54, 1.807) is 0 Å². The quantitative estimate of drug-likeness (QED) is 0.702. The van der Waals surface area contributed by atoms with Gasteiger partial charge in [0.15, 0.2) is 0 Å². The van der Waals surface area contributed by atoms with E-state index in [2.05, 4.69) is 26.1 Å². The van der Waals surface area contributed by atoms with Crippen LogP contribution in [0.3, 0.4) is 0 Å². The molecular formula is C13H27NO. The second-order valence-corrected chi connectivity index (χ2v) is 5.25. The molecule has 1 aliphatic rings. The minimum atomic E-state index is 0.204. The second kappa shape index (κ2) is 5.86. The van der Waals surface area contributed by atoms with Crippen LogP contribution in [0.1, 0.15) is 52.9 Å². The molecule has 2 heteroatoms. The fourth-order valence-corrected chi connectivity index (χ4v) is 2.34. The number of nitrogens with one attached hydrogen (secondary N) is 1. The van der Waals surface area contributed by atoms with Crippen LogP contribution < -0.4 is 5.32 Å². The zero-order valence-corrected chi connectivity index (χ0v) is 10.8. The lowest BCUT2D eigenvalue weighted by Gasteiger charge is -2.43. The van der Waals surface area contributed by atoms with Crippen molar-refractivity contribution in [1.29, 1.82) is 0 Å². The number of methoxy groups -OCH3 is 1. The highest BCUT2D eigenvalue weighted by Crippen LogP contribution is 2.39. The summed E-state index contributed by atoms with van der Waals surface area (Å²) in [4.78, 5) is 0. The smallest absolute Gasteiger partial charge is 0.0693 e. The van der Waals surface area contributed by atoms with E-state index in [1.165, 1.54) is 32.1 Å². The van der Waals surface area contributed by atoms with Crippen LogP contribution in [0.5, 0.6) is 0 Å². The molecule has 2 nitrogen and oxygen atoms in total. The molecule has 0 aliphatic heterocycles. The molecule has 0 radical (unpaired) electrons. The Bertz CT molecular complexity index is 170. The van der Waals surface area contributed by atoms with E-state index in [-0.39, 0.29) is 5.60 Å². The van der Waals surface area contributed by atoms with Crippen LogP contribution in [0.2, 0.25) is 0 Å². The van der Waals surface area contributed by atoms with Crippen LogP contribution in [0.25, 0.3) is 0 Å². The fourth-order valence-electron chi connectivity index (χ4n) is 2.34. The van der Waals surface area contributed by atoms with Crippen molar-refractivity contribution in [2.45, 2.75) is 64.5 Å². The molecule has 1 fully saturated rings.